The number of non-ortho nitro benzene ring substituents is 1. The number of piperidine rings is 1. The van der Waals surface area contributed by atoms with Gasteiger partial charge in [-0.25, -0.2) is 0 Å². The normalized spacial score (nSPS) is 17.9. The molecular weight excluding hydrogens is 581 g/mol. The molecule has 2 aliphatic heterocycles. The number of hydrogen-bond acceptors (Lipinski definition) is 6. The molecule has 0 aliphatic carbocycles. The summed E-state index contributed by atoms with van der Waals surface area (Å²) in [4.78, 5) is 54.0. The standard InChI is InChI=1S/C31H29F3N4O6/c1-20-8-10-22(11-9-20)29(41)37-26(27(39)35-18-21-4-2-6-24(16-21)31(32,33)34)19-44-30(37)12-14-36(15-13-30)28(40)23-5-3-7-25(17-23)38(42)43/h2-11,16-17,26H,12-15,18-19H2,1H3,(H,35,39)/t26-/m1/s1. The van der Waals surface area contributed by atoms with Crippen molar-refractivity contribution >= 4 is 23.4 Å². The molecule has 13 heteroatoms. The SMILES string of the molecule is Cc1ccc(C(=O)N2[C@@H](C(=O)NCc3cccc(C(F)(F)F)c3)COC23CCN(C(=O)c2cccc([N+](=O)[O-])c2)CC3)cc1. The van der Waals surface area contributed by atoms with Gasteiger partial charge < -0.3 is 15.0 Å². The van der Waals surface area contributed by atoms with E-state index in [0.717, 1.165) is 17.7 Å². The number of aryl methyl sites for hydroxylation is 1. The van der Waals surface area contributed by atoms with Crippen molar-refractivity contribution < 1.29 is 37.2 Å². The van der Waals surface area contributed by atoms with Gasteiger partial charge in [-0.05, 0) is 42.8 Å². The molecule has 1 N–H and O–H groups in total. The van der Waals surface area contributed by atoms with Crippen LogP contribution in [0.3, 0.4) is 0 Å². The second kappa shape index (κ2) is 12.1. The van der Waals surface area contributed by atoms with Crippen molar-refractivity contribution in [1.29, 1.82) is 0 Å². The van der Waals surface area contributed by atoms with E-state index in [1.807, 2.05) is 6.92 Å². The quantitative estimate of drug-likeness (QED) is 0.319. The highest BCUT2D eigenvalue weighted by Gasteiger charge is 2.54. The van der Waals surface area contributed by atoms with E-state index in [-0.39, 0.29) is 55.9 Å². The van der Waals surface area contributed by atoms with E-state index in [0.29, 0.717) is 5.56 Å². The third-order valence-electron chi connectivity index (χ3n) is 7.94. The van der Waals surface area contributed by atoms with Gasteiger partial charge in [-0.2, -0.15) is 13.2 Å². The highest BCUT2D eigenvalue weighted by Crippen LogP contribution is 2.39. The van der Waals surface area contributed by atoms with Gasteiger partial charge in [0, 0.05) is 55.7 Å². The smallest absolute Gasteiger partial charge is 0.353 e. The second-order valence-corrected chi connectivity index (χ2v) is 10.8. The van der Waals surface area contributed by atoms with Gasteiger partial charge in [0.05, 0.1) is 17.1 Å². The number of nitro groups is 1. The first-order valence-electron chi connectivity index (χ1n) is 13.9. The maximum atomic E-state index is 13.9. The van der Waals surface area contributed by atoms with E-state index in [1.54, 1.807) is 24.3 Å². The number of rotatable bonds is 6. The van der Waals surface area contributed by atoms with Gasteiger partial charge in [0.2, 0.25) is 5.91 Å². The molecule has 230 valence electrons. The maximum Gasteiger partial charge on any atom is 0.416 e. The van der Waals surface area contributed by atoms with Crippen molar-refractivity contribution in [3.8, 4) is 0 Å². The Kier molecular flexibility index (Phi) is 8.42. The van der Waals surface area contributed by atoms with E-state index < -0.39 is 46.2 Å². The molecule has 2 fully saturated rings. The van der Waals surface area contributed by atoms with E-state index in [1.165, 1.54) is 46.2 Å². The molecule has 10 nitrogen and oxygen atoms in total. The Hall–Kier alpha value is -4.78. The van der Waals surface area contributed by atoms with Crippen LogP contribution >= 0.6 is 0 Å². The van der Waals surface area contributed by atoms with Crippen LogP contribution in [0.4, 0.5) is 18.9 Å². The van der Waals surface area contributed by atoms with Crippen molar-refractivity contribution in [2.24, 2.45) is 0 Å². The lowest BCUT2D eigenvalue weighted by molar-refractivity contribution is -0.384. The Morgan fingerprint density at radius 3 is 2.32 bits per heavy atom. The van der Waals surface area contributed by atoms with Gasteiger partial charge in [0.15, 0.2) is 0 Å². The molecular formula is C31H29F3N4O6. The lowest BCUT2D eigenvalue weighted by Crippen LogP contribution is -2.59. The van der Waals surface area contributed by atoms with E-state index in [4.69, 9.17) is 4.74 Å². The molecule has 1 atom stereocenters. The molecule has 5 rings (SSSR count). The summed E-state index contributed by atoms with van der Waals surface area (Å²) >= 11 is 0. The fourth-order valence-corrected chi connectivity index (χ4v) is 5.56. The Morgan fingerprint density at radius 2 is 1.66 bits per heavy atom. The highest BCUT2D eigenvalue weighted by molar-refractivity contribution is 5.99. The van der Waals surface area contributed by atoms with E-state index in [2.05, 4.69) is 5.32 Å². The average molecular weight is 611 g/mol. The summed E-state index contributed by atoms with van der Waals surface area (Å²) in [7, 11) is 0. The van der Waals surface area contributed by atoms with Crippen molar-refractivity contribution in [3.63, 3.8) is 0 Å². The number of nitrogens with one attached hydrogen (secondary N) is 1. The zero-order valence-corrected chi connectivity index (χ0v) is 23.7. The average Bonchev–Trinajstić information content (AvgIpc) is 3.38. The summed E-state index contributed by atoms with van der Waals surface area (Å²) in [6.07, 6.45) is -4.19. The Morgan fingerprint density at radius 1 is 0.977 bits per heavy atom. The number of hydrogen-bond donors (Lipinski definition) is 1. The topological polar surface area (TPSA) is 122 Å². The molecule has 3 aromatic rings. The lowest BCUT2D eigenvalue weighted by atomic mass is 9.96. The van der Waals surface area contributed by atoms with Crippen LogP contribution < -0.4 is 5.32 Å². The predicted molar refractivity (Wildman–Crippen MR) is 151 cm³/mol. The molecule has 2 heterocycles. The van der Waals surface area contributed by atoms with Crippen molar-refractivity contribution in [3.05, 3.63) is 111 Å². The van der Waals surface area contributed by atoms with Crippen LogP contribution in [0.2, 0.25) is 0 Å². The number of amides is 3. The third-order valence-corrected chi connectivity index (χ3v) is 7.94. The Labute approximate surface area is 250 Å². The van der Waals surface area contributed by atoms with Crippen LogP contribution in [-0.2, 0) is 22.3 Å². The van der Waals surface area contributed by atoms with Gasteiger partial charge >= 0.3 is 6.18 Å². The Bertz CT molecular complexity index is 1590. The van der Waals surface area contributed by atoms with Crippen LogP contribution in [0.1, 0.15) is 50.2 Å². The largest absolute Gasteiger partial charge is 0.416 e. The van der Waals surface area contributed by atoms with E-state index in [9.17, 15) is 37.7 Å². The van der Waals surface area contributed by atoms with Crippen molar-refractivity contribution in [1.82, 2.24) is 15.1 Å². The van der Waals surface area contributed by atoms with Crippen LogP contribution in [0.5, 0.6) is 0 Å². The molecule has 0 bridgehead atoms. The molecule has 0 radical (unpaired) electrons. The van der Waals surface area contributed by atoms with E-state index >= 15 is 0 Å². The van der Waals surface area contributed by atoms with Crippen molar-refractivity contribution in [2.75, 3.05) is 19.7 Å². The highest BCUT2D eigenvalue weighted by atomic mass is 19.4. The number of alkyl halides is 3. The number of carbonyl (C=O) groups excluding carboxylic acids is 3. The number of nitrogens with zero attached hydrogens (tertiary/aromatic N) is 3. The van der Waals surface area contributed by atoms with Gasteiger partial charge in [-0.15, -0.1) is 0 Å². The number of ether oxygens (including phenoxy) is 1. The molecule has 1 spiro atoms. The Balaban J connectivity index is 1.35. The lowest BCUT2D eigenvalue weighted by Gasteiger charge is -2.44. The van der Waals surface area contributed by atoms with Crippen molar-refractivity contribution in [2.45, 2.75) is 44.3 Å². The van der Waals surface area contributed by atoms with Gasteiger partial charge in [-0.1, -0.05) is 35.9 Å². The van der Waals surface area contributed by atoms with Crippen LogP contribution in [0.15, 0.2) is 72.8 Å². The molecule has 0 saturated carbocycles. The molecule has 2 saturated heterocycles. The summed E-state index contributed by atoms with van der Waals surface area (Å²) in [5, 5.41) is 13.8. The summed E-state index contributed by atoms with van der Waals surface area (Å²) in [6.45, 7) is 1.83. The summed E-state index contributed by atoms with van der Waals surface area (Å²) in [6, 6.07) is 15.8. The summed E-state index contributed by atoms with van der Waals surface area (Å²) in [5.74, 6) is -1.46. The molecule has 3 amide bonds. The minimum atomic E-state index is -4.53. The fourth-order valence-electron chi connectivity index (χ4n) is 5.56. The van der Waals surface area contributed by atoms with Gasteiger partial charge in [0.25, 0.3) is 17.5 Å². The van der Waals surface area contributed by atoms with Crippen LogP contribution in [0, 0.1) is 17.0 Å². The minimum Gasteiger partial charge on any atom is -0.353 e. The predicted octanol–water partition coefficient (Wildman–Crippen LogP) is 4.71. The minimum absolute atomic E-state index is 0.148. The first kappa shape index (κ1) is 30.7. The number of nitro benzene ring substituents is 1. The molecule has 2 aliphatic rings. The maximum absolute atomic E-state index is 13.9. The third kappa shape index (κ3) is 6.27. The van der Waals surface area contributed by atoms with Gasteiger partial charge in [-0.3, -0.25) is 29.4 Å². The number of carbonyl (C=O) groups is 3. The zero-order valence-electron chi connectivity index (χ0n) is 23.7. The molecule has 44 heavy (non-hydrogen) atoms. The summed E-state index contributed by atoms with van der Waals surface area (Å²) < 4.78 is 45.7. The first-order valence-corrected chi connectivity index (χ1v) is 13.9. The second-order valence-electron chi connectivity index (χ2n) is 10.8. The fraction of sp³-hybridized carbons (Fsp3) is 0.323. The number of halogens is 3. The van der Waals surface area contributed by atoms with Crippen LogP contribution in [-0.4, -0.2) is 63.9 Å². The first-order chi connectivity index (χ1) is 20.9. The zero-order chi connectivity index (χ0) is 31.6. The molecule has 0 unspecified atom stereocenters. The summed E-state index contributed by atoms with van der Waals surface area (Å²) in [5.41, 5.74) is -0.622. The molecule has 3 aromatic carbocycles. The monoisotopic (exact) mass is 610 g/mol. The van der Waals surface area contributed by atoms with Crippen LogP contribution in [0.25, 0.3) is 0 Å². The molecule has 0 aromatic heterocycles. The number of benzene rings is 3. The number of likely N-dealkylation sites (tertiary alicyclic amines) is 1. The van der Waals surface area contributed by atoms with Gasteiger partial charge in [0.1, 0.15) is 11.8 Å².